The predicted octanol–water partition coefficient (Wildman–Crippen LogP) is 5.00. The zero-order valence-electron chi connectivity index (χ0n) is 21.5. The molecule has 0 saturated heterocycles. The zero-order valence-corrected chi connectivity index (χ0v) is 22.3. The molecule has 0 saturated carbocycles. The number of ketones is 1. The summed E-state index contributed by atoms with van der Waals surface area (Å²) < 4.78 is 41.9. The number of nitrogens with zero attached hydrogens (tertiary/aromatic N) is 4. The van der Waals surface area contributed by atoms with Crippen LogP contribution in [0.1, 0.15) is 41.0 Å². The van der Waals surface area contributed by atoms with Gasteiger partial charge in [0.2, 0.25) is 15.8 Å². The molecule has 0 fully saturated rings. The number of fused-ring (bicyclic) bond motifs is 1. The van der Waals surface area contributed by atoms with Crippen LogP contribution in [0.3, 0.4) is 0 Å². The molecule has 0 atom stereocenters. The number of hydrogen-bond donors (Lipinski definition) is 1. The van der Waals surface area contributed by atoms with Gasteiger partial charge in [-0.05, 0) is 61.0 Å². The van der Waals surface area contributed by atoms with Gasteiger partial charge in [0.05, 0.1) is 27.2 Å². The molecule has 12 heteroatoms. The van der Waals surface area contributed by atoms with Crippen molar-refractivity contribution in [3.63, 3.8) is 0 Å². The van der Waals surface area contributed by atoms with Gasteiger partial charge in [-0.3, -0.25) is 20.3 Å². The van der Waals surface area contributed by atoms with E-state index in [0.29, 0.717) is 27.9 Å². The monoisotopic (exact) mass is 551 g/mol. The van der Waals surface area contributed by atoms with Crippen LogP contribution in [0, 0.1) is 22.9 Å². The Balaban J connectivity index is 1.70. The van der Waals surface area contributed by atoms with E-state index in [2.05, 4.69) is 10.5 Å². The van der Waals surface area contributed by atoms with E-state index in [9.17, 15) is 27.7 Å². The Bertz CT molecular complexity index is 1690. The van der Waals surface area contributed by atoms with Gasteiger partial charge in [-0.15, -0.1) is 0 Å². The summed E-state index contributed by atoms with van der Waals surface area (Å²) in [5.74, 6) is -0.753. The van der Waals surface area contributed by atoms with Crippen molar-refractivity contribution in [2.75, 3.05) is 18.5 Å². The highest BCUT2D eigenvalue weighted by atomic mass is 32.2. The Morgan fingerprint density at radius 3 is 2.46 bits per heavy atom. The largest absolute Gasteiger partial charge is 0.313 e. The lowest BCUT2D eigenvalue weighted by molar-refractivity contribution is -0.384. The molecule has 39 heavy (non-hydrogen) atoms. The molecule has 0 bridgehead atoms. The van der Waals surface area contributed by atoms with E-state index in [1.54, 1.807) is 49.6 Å². The smallest absolute Gasteiger partial charge is 0.295 e. The van der Waals surface area contributed by atoms with Crippen LogP contribution in [-0.4, -0.2) is 47.1 Å². The van der Waals surface area contributed by atoms with Crippen molar-refractivity contribution in [2.24, 2.45) is 5.10 Å². The summed E-state index contributed by atoms with van der Waals surface area (Å²) in [4.78, 5) is 24.2. The molecule has 0 spiro atoms. The minimum Gasteiger partial charge on any atom is -0.313 e. The van der Waals surface area contributed by atoms with Gasteiger partial charge in [0.15, 0.2) is 0 Å². The maximum absolute atomic E-state index is 13.4. The van der Waals surface area contributed by atoms with E-state index in [4.69, 9.17) is 0 Å². The first kappa shape index (κ1) is 27.6. The Morgan fingerprint density at radius 1 is 1.13 bits per heavy atom. The molecule has 4 aromatic rings. The van der Waals surface area contributed by atoms with Crippen LogP contribution in [0.15, 0.2) is 76.9 Å². The average molecular weight is 552 g/mol. The zero-order chi connectivity index (χ0) is 28.3. The Labute approximate surface area is 224 Å². The first-order valence-corrected chi connectivity index (χ1v) is 13.5. The second-order valence-electron chi connectivity index (χ2n) is 8.57. The van der Waals surface area contributed by atoms with Gasteiger partial charge in [-0.2, -0.15) is 9.41 Å². The molecule has 0 radical (unpaired) electrons. The number of anilines is 1. The highest BCUT2D eigenvalue weighted by Gasteiger charge is 2.26. The average Bonchev–Trinajstić information content (AvgIpc) is 3.20. The van der Waals surface area contributed by atoms with E-state index in [-0.39, 0.29) is 29.5 Å². The van der Waals surface area contributed by atoms with Crippen LogP contribution in [0.4, 0.5) is 15.8 Å². The van der Waals surface area contributed by atoms with Gasteiger partial charge in [0.25, 0.3) is 5.69 Å². The third-order valence-electron chi connectivity index (χ3n) is 6.35. The van der Waals surface area contributed by atoms with Crippen LogP contribution in [0.5, 0.6) is 0 Å². The summed E-state index contributed by atoms with van der Waals surface area (Å²) in [6.45, 7) is 5.58. The normalized spacial score (nSPS) is 11.9. The molecule has 2 heterocycles. The Morgan fingerprint density at radius 2 is 1.82 bits per heavy atom. The van der Waals surface area contributed by atoms with E-state index >= 15 is 0 Å². The number of rotatable bonds is 10. The summed E-state index contributed by atoms with van der Waals surface area (Å²) >= 11 is 0. The van der Waals surface area contributed by atoms with Crippen molar-refractivity contribution in [3.8, 4) is 0 Å². The van der Waals surface area contributed by atoms with Crippen LogP contribution in [0.2, 0.25) is 0 Å². The van der Waals surface area contributed by atoms with Gasteiger partial charge in [0, 0.05) is 36.5 Å². The van der Waals surface area contributed by atoms with Crippen LogP contribution < -0.4 is 5.43 Å². The third-order valence-corrected chi connectivity index (χ3v) is 8.39. The molecule has 4 rings (SSSR count). The molecule has 0 unspecified atom stereocenters. The summed E-state index contributed by atoms with van der Waals surface area (Å²) in [6.07, 6.45) is 3.17. The number of nitro groups is 1. The van der Waals surface area contributed by atoms with E-state index in [1.165, 1.54) is 46.9 Å². The molecule has 0 aliphatic carbocycles. The first-order chi connectivity index (χ1) is 18.6. The minimum absolute atomic E-state index is 0.00136. The number of pyridine rings is 1. The molecular formula is C27H26FN5O5S. The number of nitrogens with one attached hydrogen (secondary N) is 1. The fourth-order valence-corrected chi connectivity index (χ4v) is 5.81. The van der Waals surface area contributed by atoms with Gasteiger partial charge in [-0.1, -0.05) is 19.9 Å². The summed E-state index contributed by atoms with van der Waals surface area (Å²) in [7, 11) is -3.89. The number of benzene rings is 2. The minimum atomic E-state index is -3.89. The molecule has 10 nitrogen and oxygen atoms in total. The van der Waals surface area contributed by atoms with Crippen LogP contribution >= 0.6 is 0 Å². The summed E-state index contributed by atoms with van der Waals surface area (Å²) in [5.41, 5.74) is 4.74. The fraction of sp³-hybridized carbons (Fsp3) is 0.185. The molecule has 0 amide bonds. The quantitative estimate of drug-likeness (QED) is 0.128. The fourth-order valence-electron chi connectivity index (χ4n) is 4.34. The Kier molecular flexibility index (Phi) is 7.88. The van der Waals surface area contributed by atoms with Crippen molar-refractivity contribution >= 4 is 38.9 Å². The molecule has 0 aliphatic rings. The predicted molar refractivity (Wildman–Crippen MR) is 146 cm³/mol. The highest BCUT2D eigenvalue weighted by molar-refractivity contribution is 7.89. The first-order valence-electron chi connectivity index (χ1n) is 12.1. The number of carbonyl (C=O) groups is 1. The molecule has 202 valence electrons. The number of nitro benzene ring substituents is 1. The number of carbonyl (C=O) groups excluding carboxylic acids is 1. The highest BCUT2D eigenvalue weighted by Crippen LogP contribution is 2.29. The summed E-state index contributed by atoms with van der Waals surface area (Å²) in [5, 5.41) is 15.9. The van der Waals surface area contributed by atoms with Crippen LogP contribution in [-0.2, 0) is 10.0 Å². The van der Waals surface area contributed by atoms with Gasteiger partial charge < -0.3 is 4.40 Å². The number of hydrogen-bond acceptors (Lipinski definition) is 7. The molecule has 2 aromatic heterocycles. The third kappa shape index (κ3) is 5.29. The Hall–Kier alpha value is -4.42. The lowest BCUT2D eigenvalue weighted by Crippen LogP contribution is -2.30. The van der Waals surface area contributed by atoms with Crippen molar-refractivity contribution in [2.45, 2.75) is 25.7 Å². The van der Waals surface area contributed by atoms with E-state index in [0.717, 1.165) is 6.07 Å². The topological polar surface area (TPSA) is 126 Å². The maximum atomic E-state index is 13.4. The van der Waals surface area contributed by atoms with E-state index in [1.807, 2.05) is 0 Å². The van der Waals surface area contributed by atoms with Crippen molar-refractivity contribution < 1.29 is 22.5 Å². The second-order valence-corrected chi connectivity index (χ2v) is 10.5. The number of sulfonamides is 1. The van der Waals surface area contributed by atoms with Gasteiger partial charge in [0.1, 0.15) is 11.5 Å². The van der Waals surface area contributed by atoms with Crippen molar-refractivity contribution in [3.05, 3.63) is 105 Å². The van der Waals surface area contributed by atoms with Gasteiger partial charge >= 0.3 is 0 Å². The van der Waals surface area contributed by atoms with Crippen molar-refractivity contribution in [1.29, 1.82) is 0 Å². The molecule has 2 aromatic carbocycles. The number of aromatic nitrogens is 1. The number of halogens is 1. The van der Waals surface area contributed by atoms with Gasteiger partial charge in [-0.25, -0.2) is 12.8 Å². The molecule has 1 N–H and O–H groups in total. The molecule has 0 aliphatic heterocycles. The molecular weight excluding hydrogens is 525 g/mol. The lowest BCUT2D eigenvalue weighted by atomic mass is 10.0. The second kappa shape index (κ2) is 11.1. The van der Waals surface area contributed by atoms with E-state index < -0.39 is 26.5 Å². The summed E-state index contributed by atoms with van der Waals surface area (Å²) in [6, 6.07) is 14.2. The lowest BCUT2D eigenvalue weighted by Gasteiger charge is -2.18. The standard InChI is InChI=1S/C27H26FN5O5S/c1-4-31(5-2)39(37,38)21-13-14-23(25(16-21)33(35)36)30-29-17-22-18(3)26(32-15-7-6-8-24(22)32)27(34)19-9-11-20(28)12-10-19/h6-17,30H,4-5H2,1-3H3/b29-17-. The maximum Gasteiger partial charge on any atom is 0.295 e. The van der Waals surface area contributed by atoms with Crippen molar-refractivity contribution in [1.82, 2.24) is 8.71 Å². The number of hydrazone groups is 1. The SMILES string of the molecule is CCN(CC)S(=O)(=O)c1ccc(N/N=C\c2c(C)c(C(=O)c3ccc(F)cc3)n3ccccc23)c([N+](=O)[O-])c1. The van der Waals surface area contributed by atoms with Crippen LogP contribution in [0.25, 0.3) is 5.52 Å².